The van der Waals surface area contributed by atoms with Gasteiger partial charge in [-0.25, -0.2) is 4.39 Å². The molecule has 2 heterocycles. The SMILES string of the molecule is OCCn1ccc(=C/CC2=C/CNC=NC/C=C\2Cl)/c1=C\CF. The number of hydrogen-bond donors (Lipinski definition) is 2. The number of hydrogen-bond acceptors (Lipinski definition) is 3. The molecule has 0 aliphatic carbocycles. The highest BCUT2D eigenvalue weighted by Gasteiger charge is 2.02. The highest BCUT2D eigenvalue weighted by Crippen LogP contribution is 2.18. The summed E-state index contributed by atoms with van der Waals surface area (Å²) in [6.45, 7) is 1.13. The van der Waals surface area contributed by atoms with Gasteiger partial charge >= 0.3 is 0 Å². The molecule has 124 valence electrons. The standard InChI is InChI=1S/C17H21ClFN3O/c18-16-5-9-21-13-20-8-4-14(16)1-2-15-6-10-22(11-12-23)17(15)3-7-19/h2-6,10,13,23H,1,7-9,11-12H2,(H,20,21)/b14-4-,15-2-,16-5+,17-3+. The van der Waals surface area contributed by atoms with Gasteiger partial charge < -0.3 is 15.0 Å². The first-order valence-electron chi connectivity index (χ1n) is 7.55. The van der Waals surface area contributed by atoms with Crippen LogP contribution in [0.15, 0.2) is 40.0 Å². The van der Waals surface area contributed by atoms with Crippen LogP contribution in [0.1, 0.15) is 6.42 Å². The van der Waals surface area contributed by atoms with Crippen molar-refractivity contribution in [1.82, 2.24) is 9.88 Å². The van der Waals surface area contributed by atoms with Gasteiger partial charge in [0.05, 0.1) is 19.5 Å². The maximum atomic E-state index is 12.7. The summed E-state index contributed by atoms with van der Waals surface area (Å²) >= 11 is 6.32. The second-order valence-electron chi connectivity index (χ2n) is 5.02. The number of nitrogens with zero attached hydrogens (tertiary/aromatic N) is 2. The lowest BCUT2D eigenvalue weighted by Crippen LogP contribution is -2.30. The minimum atomic E-state index is -0.541. The van der Waals surface area contributed by atoms with Gasteiger partial charge in [0.1, 0.15) is 6.67 Å². The van der Waals surface area contributed by atoms with Gasteiger partial charge in [-0.15, -0.1) is 0 Å². The second-order valence-corrected chi connectivity index (χ2v) is 5.43. The maximum Gasteiger partial charge on any atom is 0.110 e. The molecule has 0 aromatic carbocycles. The molecule has 2 rings (SSSR count). The van der Waals surface area contributed by atoms with Crippen LogP contribution in [0, 0.1) is 0 Å². The van der Waals surface area contributed by atoms with Crippen molar-refractivity contribution in [2.75, 3.05) is 26.4 Å². The van der Waals surface area contributed by atoms with E-state index in [-0.39, 0.29) is 6.61 Å². The third kappa shape index (κ3) is 5.08. The zero-order valence-electron chi connectivity index (χ0n) is 12.9. The van der Waals surface area contributed by atoms with E-state index >= 15 is 0 Å². The number of nitrogens with one attached hydrogen (secondary N) is 1. The van der Waals surface area contributed by atoms with Crippen LogP contribution in [-0.2, 0) is 6.54 Å². The zero-order chi connectivity index (χ0) is 16.5. The van der Waals surface area contributed by atoms with Crippen LogP contribution >= 0.6 is 11.6 Å². The third-order valence-corrected chi connectivity index (χ3v) is 3.92. The van der Waals surface area contributed by atoms with Crippen molar-refractivity contribution in [3.63, 3.8) is 0 Å². The van der Waals surface area contributed by atoms with Gasteiger partial charge in [-0.3, -0.25) is 4.99 Å². The van der Waals surface area contributed by atoms with Crippen molar-refractivity contribution >= 4 is 30.1 Å². The smallest absolute Gasteiger partial charge is 0.110 e. The van der Waals surface area contributed by atoms with Gasteiger partial charge in [-0.05, 0) is 35.4 Å². The van der Waals surface area contributed by atoms with E-state index in [1.165, 1.54) is 6.08 Å². The summed E-state index contributed by atoms with van der Waals surface area (Å²) < 4.78 is 14.6. The Morgan fingerprint density at radius 2 is 2.26 bits per heavy atom. The normalized spacial score (nSPS) is 21.7. The van der Waals surface area contributed by atoms with E-state index in [1.54, 1.807) is 6.34 Å². The minimum absolute atomic E-state index is 0.0205. The average Bonchev–Trinajstić information content (AvgIpc) is 2.95. The van der Waals surface area contributed by atoms with E-state index in [9.17, 15) is 4.39 Å². The molecule has 0 amide bonds. The maximum absolute atomic E-state index is 12.7. The van der Waals surface area contributed by atoms with Crippen molar-refractivity contribution in [3.05, 3.63) is 45.6 Å². The van der Waals surface area contributed by atoms with Crippen molar-refractivity contribution in [3.8, 4) is 0 Å². The molecule has 1 aliphatic rings. The lowest BCUT2D eigenvalue weighted by Gasteiger charge is -2.03. The molecule has 23 heavy (non-hydrogen) atoms. The lowest BCUT2D eigenvalue weighted by molar-refractivity contribution is 0.275. The van der Waals surface area contributed by atoms with Crippen molar-refractivity contribution in [2.45, 2.75) is 13.0 Å². The number of aliphatic imine (C=N–C) groups is 1. The Morgan fingerprint density at radius 1 is 1.39 bits per heavy atom. The topological polar surface area (TPSA) is 49.5 Å². The lowest BCUT2D eigenvalue weighted by atomic mass is 10.1. The van der Waals surface area contributed by atoms with Crippen molar-refractivity contribution in [2.24, 2.45) is 4.99 Å². The quantitative estimate of drug-likeness (QED) is 0.845. The van der Waals surface area contributed by atoms with Crippen LogP contribution in [0.25, 0.3) is 12.2 Å². The summed E-state index contributed by atoms with van der Waals surface area (Å²) in [6, 6.07) is 1.92. The molecule has 1 aromatic heterocycles. The molecule has 2 N–H and O–H groups in total. The summed E-state index contributed by atoms with van der Waals surface area (Å²) in [5, 5.41) is 14.6. The molecular weight excluding hydrogens is 317 g/mol. The van der Waals surface area contributed by atoms with Crippen LogP contribution in [0.5, 0.6) is 0 Å². The summed E-state index contributed by atoms with van der Waals surface area (Å²) in [6.07, 6.45) is 11.6. The fourth-order valence-corrected chi connectivity index (χ4v) is 2.62. The van der Waals surface area contributed by atoms with Crippen LogP contribution in [-0.4, -0.2) is 42.4 Å². The fraction of sp³-hybridized carbons (Fsp3) is 0.353. The molecule has 0 radical (unpaired) electrons. The molecule has 4 nitrogen and oxygen atoms in total. The van der Waals surface area contributed by atoms with Crippen LogP contribution < -0.4 is 15.9 Å². The highest BCUT2D eigenvalue weighted by molar-refractivity contribution is 6.32. The predicted octanol–water partition coefficient (Wildman–Crippen LogP) is 1.08. The largest absolute Gasteiger partial charge is 0.395 e. The van der Waals surface area contributed by atoms with Crippen molar-refractivity contribution in [1.29, 1.82) is 0 Å². The molecule has 0 atom stereocenters. The molecule has 1 aliphatic heterocycles. The number of aliphatic hydroxyl groups is 1. The van der Waals surface area contributed by atoms with Gasteiger partial charge in [0, 0.05) is 29.7 Å². The molecule has 0 spiro atoms. The molecular formula is C17H21ClFN3O. The first-order valence-corrected chi connectivity index (χ1v) is 7.93. The van der Waals surface area contributed by atoms with Crippen molar-refractivity contribution < 1.29 is 9.50 Å². The molecule has 0 unspecified atom stereocenters. The number of halogens is 2. The van der Waals surface area contributed by atoms with Gasteiger partial charge in [-0.2, -0.15) is 0 Å². The van der Waals surface area contributed by atoms with E-state index in [1.807, 2.05) is 35.1 Å². The Hall–Kier alpha value is -1.85. The molecule has 1 aromatic rings. The minimum Gasteiger partial charge on any atom is -0.395 e. The number of aliphatic hydroxyl groups excluding tert-OH is 1. The Balaban J connectivity index is 2.28. The first kappa shape index (κ1) is 17.5. The second kappa shape index (κ2) is 9.33. The molecule has 0 fully saturated rings. The summed E-state index contributed by atoms with van der Waals surface area (Å²) in [5.74, 6) is 0. The zero-order valence-corrected chi connectivity index (χ0v) is 13.6. The van der Waals surface area contributed by atoms with E-state index in [0.29, 0.717) is 31.1 Å². The van der Waals surface area contributed by atoms with E-state index in [4.69, 9.17) is 16.7 Å². The molecule has 0 saturated carbocycles. The first-order chi connectivity index (χ1) is 11.3. The molecule has 0 saturated heterocycles. The van der Waals surface area contributed by atoms with Crippen LogP contribution in [0.3, 0.4) is 0 Å². The highest BCUT2D eigenvalue weighted by atomic mass is 35.5. The Labute approximate surface area is 140 Å². The Morgan fingerprint density at radius 3 is 3.04 bits per heavy atom. The van der Waals surface area contributed by atoms with Gasteiger partial charge in [0.15, 0.2) is 0 Å². The third-order valence-electron chi connectivity index (χ3n) is 3.52. The number of allylic oxidation sites excluding steroid dienone is 2. The van der Waals surface area contributed by atoms with Crippen LogP contribution in [0.4, 0.5) is 4.39 Å². The number of rotatable bonds is 5. The summed E-state index contributed by atoms with van der Waals surface area (Å²) in [4.78, 5) is 4.14. The number of aromatic nitrogens is 1. The van der Waals surface area contributed by atoms with E-state index in [0.717, 1.165) is 16.1 Å². The van der Waals surface area contributed by atoms with Gasteiger partial charge in [0.2, 0.25) is 0 Å². The Kier molecular flexibility index (Phi) is 7.10. The van der Waals surface area contributed by atoms with Gasteiger partial charge in [0.25, 0.3) is 0 Å². The predicted molar refractivity (Wildman–Crippen MR) is 93.7 cm³/mol. The van der Waals surface area contributed by atoms with E-state index in [2.05, 4.69) is 10.3 Å². The fourth-order valence-electron chi connectivity index (χ4n) is 2.40. The molecule has 0 bridgehead atoms. The van der Waals surface area contributed by atoms with E-state index < -0.39 is 6.67 Å². The number of alkyl halides is 1. The average molecular weight is 338 g/mol. The van der Waals surface area contributed by atoms with Gasteiger partial charge in [-0.1, -0.05) is 23.8 Å². The Bertz CT molecular complexity index is 719. The summed E-state index contributed by atoms with van der Waals surface area (Å²) in [5.41, 5.74) is 1.01. The monoisotopic (exact) mass is 337 g/mol. The molecule has 6 heteroatoms. The summed E-state index contributed by atoms with van der Waals surface area (Å²) in [7, 11) is 0. The van der Waals surface area contributed by atoms with Crippen LogP contribution in [0.2, 0.25) is 0 Å².